The second kappa shape index (κ2) is 7.02. The van der Waals surface area contributed by atoms with E-state index in [1.165, 1.54) is 6.33 Å². The zero-order valence-electron chi connectivity index (χ0n) is 13.2. The Morgan fingerprint density at radius 1 is 0.800 bits per heavy atom. The van der Waals surface area contributed by atoms with Gasteiger partial charge in [0.05, 0.1) is 12.4 Å². The minimum Gasteiger partial charge on any atom is -0.457 e. The van der Waals surface area contributed by atoms with Crippen LogP contribution in [-0.2, 0) is 4.84 Å². The minimum atomic E-state index is -0.245. The van der Waals surface area contributed by atoms with Gasteiger partial charge in [0.25, 0.3) is 0 Å². The normalized spacial score (nSPS) is 16.0. The molecule has 0 unspecified atom stereocenters. The van der Waals surface area contributed by atoms with Crippen LogP contribution in [0.15, 0.2) is 85.3 Å². The summed E-state index contributed by atoms with van der Waals surface area (Å²) in [7, 11) is 0. The van der Waals surface area contributed by atoms with Gasteiger partial charge in [-0.3, -0.25) is 4.84 Å². The summed E-state index contributed by atoms with van der Waals surface area (Å²) in [6.45, 7) is 0. The van der Waals surface area contributed by atoms with E-state index < -0.39 is 0 Å². The summed E-state index contributed by atoms with van der Waals surface area (Å²) in [5.41, 5.74) is 3.74. The van der Waals surface area contributed by atoms with Crippen LogP contribution >= 0.6 is 0 Å². The second-order valence-corrected chi connectivity index (χ2v) is 5.33. The molecule has 2 aromatic carbocycles. The lowest BCUT2D eigenvalue weighted by Gasteiger charge is -2.09. The van der Waals surface area contributed by atoms with E-state index in [2.05, 4.69) is 15.4 Å². The zero-order chi connectivity index (χ0) is 16.9. The molecule has 0 spiro atoms. The standard InChI is InChI=1S/C19H15N3O3/c1-2-4-15(5-3-1)23-16-8-6-14(7-9-16)18-10-19(22-25-18)24-17-11-20-13-21-12-17/h1-13,18,22H/t18-/m0/s1. The highest BCUT2D eigenvalue weighted by atomic mass is 16.7. The fourth-order valence-corrected chi connectivity index (χ4v) is 2.36. The molecule has 1 atom stereocenters. The minimum absolute atomic E-state index is 0.245. The average Bonchev–Trinajstić information content (AvgIpc) is 3.12. The monoisotopic (exact) mass is 333 g/mol. The van der Waals surface area contributed by atoms with E-state index in [1.54, 1.807) is 12.4 Å². The third-order valence-corrected chi connectivity index (χ3v) is 3.54. The highest BCUT2D eigenvalue weighted by Crippen LogP contribution is 2.28. The van der Waals surface area contributed by atoms with E-state index in [9.17, 15) is 0 Å². The molecule has 6 heteroatoms. The molecule has 1 aliphatic heterocycles. The van der Waals surface area contributed by atoms with Gasteiger partial charge in [-0.05, 0) is 29.8 Å². The molecule has 0 fully saturated rings. The Morgan fingerprint density at radius 2 is 1.52 bits per heavy atom. The second-order valence-electron chi connectivity index (χ2n) is 5.33. The maximum atomic E-state index is 5.79. The maximum absolute atomic E-state index is 5.79. The van der Waals surface area contributed by atoms with Crippen LogP contribution in [0.3, 0.4) is 0 Å². The summed E-state index contributed by atoms with van der Waals surface area (Å²) in [5.74, 6) is 2.61. The lowest BCUT2D eigenvalue weighted by atomic mass is 10.1. The van der Waals surface area contributed by atoms with Gasteiger partial charge in [-0.1, -0.05) is 30.3 Å². The van der Waals surface area contributed by atoms with Crippen molar-refractivity contribution in [1.82, 2.24) is 15.4 Å². The first-order valence-corrected chi connectivity index (χ1v) is 7.76. The van der Waals surface area contributed by atoms with Crippen molar-refractivity contribution in [3.8, 4) is 17.2 Å². The van der Waals surface area contributed by atoms with Gasteiger partial charge in [0, 0.05) is 6.08 Å². The molecule has 2 heterocycles. The Labute approximate surface area is 144 Å². The van der Waals surface area contributed by atoms with Crippen LogP contribution in [0.4, 0.5) is 0 Å². The lowest BCUT2D eigenvalue weighted by Crippen LogP contribution is -2.12. The molecule has 25 heavy (non-hydrogen) atoms. The van der Waals surface area contributed by atoms with E-state index in [0.29, 0.717) is 11.6 Å². The lowest BCUT2D eigenvalue weighted by molar-refractivity contribution is 0.0272. The van der Waals surface area contributed by atoms with Crippen LogP contribution in [0.2, 0.25) is 0 Å². The van der Waals surface area contributed by atoms with Crippen LogP contribution < -0.4 is 15.0 Å². The van der Waals surface area contributed by atoms with Crippen LogP contribution in [0.1, 0.15) is 11.7 Å². The van der Waals surface area contributed by atoms with Crippen LogP contribution in [0, 0.1) is 0 Å². The average molecular weight is 333 g/mol. The number of hydroxylamine groups is 1. The fraction of sp³-hybridized carbons (Fsp3) is 0.0526. The SMILES string of the molecule is C1=C(Oc2cncnc2)NO[C@@H]1c1ccc(Oc2ccccc2)cc1. The molecule has 0 saturated heterocycles. The van der Waals surface area contributed by atoms with Gasteiger partial charge in [0.2, 0.25) is 5.88 Å². The summed E-state index contributed by atoms with van der Waals surface area (Å²) >= 11 is 0. The number of hydrogen-bond donors (Lipinski definition) is 1. The molecule has 1 aromatic heterocycles. The molecule has 1 N–H and O–H groups in total. The van der Waals surface area contributed by atoms with Crippen molar-refractivity contribution in [3.63, 3.8) is 0 Å². The van der Waals surface area contributed by atoms with Crippen molar-refractivity contribution in [2.24, 2.45) is 0 Å². The van der Waals surface area contributed by atoms with E-state index in [4.69, 9.17) is 14.3 Å². The molecule has 124 valence electrons. The zero-order valence-corrected chi connectivity index (χ0v) is 13.2. The van der Waals surface area contributed by atoms with Gasteiger partial charge >= 0.3 is 0 Å². The Morgan fingerprint density at radius 3 is 2.28 bits per heavy atom. The molecule has 0 radical (unpaired) electrons. The topological polar surface area (TPSA) is 65.5 Å². The van der Waals surface area contributed by atoms with Crippen molar-refractivity contribution in [2.75, 3.05) is 0 Å². The van der Waals surface area contributed by atoms with Crippen molar-refractivity contribution in [1.29, 1.82) is 0 Å². The van der Waals surface area contributed by atoms with E-state index in [-0.39, 0.29) is 6.10 Å². The van der Waals surface area contributed by atoms with Crippen LogP contribution in [0.5, 0.6) is 17.2 Å². The third kappa shape index (κ3) is 3.76. The summed E-state index contributed by atoms with van der Waals surface area (Å²) in [6, 6.07) is 17.4. The summed E-state index contributed by atoms with van der Waals surface area (Å²) in [6.07, 6.45) is 6.21. The molecular formula is C19H15N3O3. The smallest absolute Gasteiger partial charge is 0.216 e. The molecule has 6 nitrogen and oxygen atoms in total. The predicted octanol–water partition coefficient (Wildman–Crippen LogP) is 3.77. The molecule has 0 amide bonds. The molecular weight excluding hydrogens is 318 g/mol. The van der Waals surface area contributed by atoms with Crippen molar-refractivity contribution < 1.29 is 14.3 Å². The first-order chi connectivity index (χ1) is 12.4. The Kier molecular flexibility index (Phi) is 4.26. The van der Waals surface area contributed by atoms with Crippen LogP contribution in [-0.4, -0.2) is 9.97 Å². The first-order valence-electron chi connectivity index (χ1n) is 7.76. The fourth-order valence-electron chi connectivity index (χ4n) is 2.36. The Balaban J connectivity index is 1.42. The van der Waals surface area contributed by atoms with Gasteiger partial charge in [-0.2, -0.15) is 0 Å². The number of rotatable bonds is 5. The van der Waals surface area contributed by atoms with Gasteiger partial charge in [0.1, 0.15) is 23.9 Å². The number of aromatic nitrogens is 2. The highest BCUT2D eigenvalue weighted by Gasteiger charge is 2.20. The quantitative estimate of drug-likeness (QED) is 0.767. The van der Waals surface area contributed by atoms with Gasteiger partial charge in [0.15, 0.2) is 5.75 Å². The number of hydrogen-bond acceptors (Lipinski definition) is 6. The summed E-state index contributed by atoms with van der Waals surface area (Å²) in [5, 5.41) is 0. The van der Waals surface area contributed by atoms with Crippen molar-refractivity contribution >= 4 is 0 Å². The Hall–Kier alpha value is -3.38. The van der Waals surface area contributed by atoms with Crippen molar-refractivity contribution in [3.05, 3.63) is 90.8 Å². The number of para-hydroxylation sites is 1. The third-order valence-electron chi connectivity index (χ3n) is 3.54. The van der Waals surface area contributed by atoms with E-state index in [1.807, 2.05) is 60.7 Å². The van der Waals surface area contributed by atoms with E-state index in [0.717, 1.165) is 17.1 Å². The largest absolute Gasteiger partial charge is 0.457 e. The summed E-state index contributed by atoms with van der Waals surface area (Å²) < 4.78 is 11.4. The molecule has 0 aliphatic carbocycles. The number of nitrogens with one attached hydrogen (secondary N) is 1. The summed E-state index contributed by atoms with van der Waals surface area (Å²) in [4.78, 5) is 13.3. The van der Waals surface area contributed by atoms with Crippen LogP contribution in [0.25, 0.3) is 0 Å². The number of ether oxygens (including phenoxy) is 2. The van der Waals surface area contributed by atoms with Gasteiger partial charge in [-0.15, -0.1) is 0 Å². The molecule has 0 bridgehead atoms. The molecule has 3 aromatic rings. The number of nitrogens with zero attached hydrogens (tertiary/aromatic N) is 2. The molecule has 4 rings (SSSR count). The molecule has 0 saturated carbocycles. The van der Waals surface area contributed by atoms with Gasteiger partial charge < -0.3 is 9.47 Å². The van der Waals surface area contributed by atoms with E-state index >= 15 is 0 Å². The predicted molar refractivity (Wildman–Crippen MR) is 90.7 cm³/mol. The highest BCUT2D eigenvalue weighted by molar-refractivity contribution is 5.35. The number of benzene rings is 2. The molecule has 1 aliphatic rings. The maximum Gasteiger partial charge on any atom is 0.216 e. The van der Waals surface area contributed by atoms with Crippen molar-refractivity contribution in [2.45, 2.75) is 6.10 Å². The van der Waals surface area contributed by atoms with Gasteiger partial charge in [-0.25, -0.2) is 15.4 Å². The first kappa shape index (κ1) is 15.2. The Bertz CT molecular complexity index is 852.